The van der Waals surface area contributed by atoms with E-state index in [9.17, 15) is 9.90 Å². The van der Waals surface area contributed by atoms with Crippen LogP contribution in [-0.2, 0) is 0 Å². The van der Waals surface area contributed by atoms with Crippen LogP contribution in [0.1, 0.15) is 10.4 Å². The normalized spacial score (nSPS) is 10.3. The monoisotopic (exact) mass is 359 g/mol. The number of rotatable bonds is 2. The van der Waals surface area contributed by atoms with Crippen molar-refractivity contribution >= 4 is 50.7 Å². The van der Waals surface area contributed by atoms with Crippen molar-refractivity contribution in [1.82, 2.24) is 0 Å². The zero-order valence-electron chi connectivity index (χ0n) is 9.45. The van der Waals surface area contributed by atoms with Crippen LogP contribution in [0.25, 0.3) is 0 Å². The minimum Gasteiger partial charge on any atom is -0.507 e. The summed E-state index contributed by atoms with van der Waals surface area (Å²) in [5.41, 5.74) is 0.656. The smallest absolute Gasteiger partial charge is 0.259 e. The molecule has 19 heavy (non-hydrogen) atoms. The van der Waals surface area contributed by atoms with Gasteiger partial charge >= 0.3 is 0 Å². The van der Waals surface area contributed by atoms with Crippen molar-refractivity contribution in [1.29, 1.82) is 0 Å². The third-order valence-corrected chi connectivity index (χ3v) is 4.04. The minimum absolute atomic E-state index is 0.135. The van der Waals surface area contributed by atoms with Gasteiger partial charge in [-0.2, -0.15) is 0 Å². The zero-order valence-corrected chi connectivity index (χ0v) is 12.6. The van der Waals surface area contributed by atoms with Crippen LogP contribution >= 0.6 is 39.1 Å². The molecule has 0 atom stereocenters. The summed E-state index contributed by atoms with van der Waals surface area (Å²) in [5.74, 6) is -0.625. The van der Waals surface area contributed by atoms with Gasteiger partial charge in [-0.15, -0.1) is 0 Å². The summed E-state index contributed by atoms with van der Waals surface area (Å²) in [7, 11) is 0. The van der Waals surface area contributed by atoms with Gasteiger partial charge in [0, 0.05) is 5.02 Å². The third kappa shape index (κ3) is 3.21. The van der Waals surface area contributed by atoms with Gasteiger partial charge in [-0.05, 0) is 46.3 Å². The Bertz CT molecular complexity index is 647. The number of amides is 1. The van der Waals surface area contributed by atoms with Crippen molar-refractivity contribution in [3.8, 4) is 5.75 Å². The highest BCUT2D eigenvalue weighted by molar-refractivity contribution is 9.10. The maximum Gasteiger partial charge on any atom is 0.259 e. The number of carbonyl (C=O) groups is 1. The molecule has 6 heteroatoms. The molecule has 0 saturated heterocycles. The van der Waals surface area contributed by atoms with Crippen LogP contribution in [0.3, 0.4) is 0 Å². The third-order valence-electron chi connectivity index (χ3n) is 2.40. The fourth-order valence-corrected chi connectivity index (χ4v) is 2.19. The Hall–Kier alpha value is -1.23. The number of phenolic OH excluding ortho intramolecular Hbond substituents is 1. The van der Waals surface area contributed by atoms with Gasteiger partial charge in [0.2, 0.25) is 0 Å². The van der Waals surface area contributed by atoms with Crippen molar-refractivity contribution in [2.24, 2.45) is 0 Å². The zero-order chi connectivity index (χ0) is 14.0. The average molecular weight is 361 g/mol. The summed E-state index contributed by atoms with van der Waals surface area (Å²) in [6.45, 7) is 0. The van der Waals surface area contributed by atoms with E-state index in [4.69, 9.17) is 23.2 Å². The number of hydrogen-bond donors (Lipinski definition) is 2. The van der Waals surface area contributed by atoms with Gasteiger partial charge in [0.25, 0.3) is 5.91 Å². The Labute approximate surface area is 128 Å². The molecule has 3 nitrogen and oxygen atoms in total. The predicted octanol–water partition coefficient (Wildman–Crippen LogP) is 4.71. The van der Waals surface area contributed by atoms with Gasteiger partial charge in [-0.25, -0.2) is 0 Å². The van der Waals surface area contributed by atoms with E-state index in [1.807, 2.05) is 0 Å². The number of hydrogen-bond acceptors (Lipinski definition) is 2. The second-order valence-electron chi connectivity index (χ2n) is 3.72. The molecule has 0 saturated carbocycles. The second-order valence-corrected chi connectivity index (χ2v) is 5.35. The van der Waals surface area contributed by atoms with Gasteiger partial charge in [0.05, 0.1) is 20.7 Å². The molecule has 2 rings (SSSR count). The molecule has 0 fully saturated rings. The summed E-state index contributed by atoms with van der Waals surface area (Å²) in [6.07, 6.45) is 0. The molecule has 0 heterocycles. The fourth-order valence-electron chi connectivity index (χ4n) is 1.49. The highest BCUT2D eigenvalue weighted by atomic mass is 79.9. The molecule has 0 aliphatic carbocycles. The number of aromatic hydroxyl groups is 1. The topological polar surface area (TPSA) is 49.3 Å². The first-order valence-electron chi connectivity index (χ1n) is 5.23. The van der Waals surface area contributed by atoms with Gasteiger partial charge in [0.1, 0.15) is 5.75 Å². The van der Waals surface area contributed by atoms with E-state index in [1.54, 1.807) is 18.2 Å². The van der Waals surface area contributed by atoms with Gasteiger partial charge in [0.15, 0.2) is 0 Å². The Morgan fingerprint density at radius 1 is 1.21 bits per heavy atom. The number of benzene rings is 2. The van der Waals surface area contributed by atoms with E-state index in [-0.39, 0.29) is 11.3 Å². The number of halogens is 3. The van der Waals surface area contributed by atoms with Crippen LogP contribution in [0.15, 0.2) is 40.9 Å². The summed E-state index contributed by atoms with van der Waals surface area (Å²) in [6, 6.07) is 9.39. The first-order valence-corrected chi connectivity index (χ1v) is 6.78. The van der Waals surface area contributed by atoms with E-state index in [2.05, 4.69) is 21.2 Å². The average Bonchev–Trinajstić information content (AvgIpc) is 2.34. The molecular formula is C13H8BrCl2NO2. The summed E-state index contributed by atoms with van der Waals surface area (Å²) < 4.78 is 0.582. The largest absolute Gasteiger partial charge is 0.507 e. The van der Waals surface area contributed by atoms with E-state index in [0.29, 0.717) is 20.2 Å². The lowest BCUT2D eigenvalue weighted by molar-refractivity contribution is 0.102. The molecule has 0 unspecified atom stereocenters. The lowest BCUT2D eigenvalue weighted by atomic mass is 10.2. The molecule has 1 amide bonds. The molecule has 2 aromatic carbocycles. The van der Waals surface area contributed by atoms with E-state index < -0.39 is 5.91 Å². The first-order chi connectivity index (χ1) is 8.99. The molecule has 0 aliphatic rings. The summed E-state index contributed by atoms with van der Waals surface area (Å²) >= 11 is 14.9. The molecule has 98 valence electrons. The number of carbonyl (C=O) groups excluding carboxylic acids is 1. The fraction of sp³-hybridized carbons (Fsp3) is 0. The number of anilines is 1. The molecule has 0 spiro atoms. The molecule has 0 bridgehead atoms. The molecule has 0 radical (unpaired) electrons. The van der Waals surface area contributed by atoms with Crippen LogP contribution in [0.5, 0.6) is 5.75 Å². The standard InChI is InChI=1S/C13H8BrCl2NO2/c14-12-9(16)2-1-3-10(12)17-13(19)8-5-4-7(15)6-11(8)18/h1-6,18H,(H,17,19). The quantitative estimate of drug-likeness (QED) is 0.814. The second kappa shape index (κ2) is 5.82. The summed E-state index contributed by atoms with van der Waals surface area (Å²) in [5, 5.41) is 13.2. The van der Waals surface area contributed by atoms with E-state index >= 15 is 0 Å². The predicted molar refractivity (Wildman–Crippen MR) is 80.2 cm³/mol. The van der Waals surface area contributed by atoms with Crippen molar-refractivity contribution < 1.29 is 9.90 Å². The summed E-state index contributed by atoms with van der Waals surface area (Å²) in [4.78, 5) is 12.0. The van der Waals surface area contributed by atoms with Crippen LogP contribution in [0.4, 0.5) is 5.69 Å². The lowest BCUT2D eigenvalue weighted by Gasteiger charge is -2.09. The molecule has 2 aromatic rings. The van der Waals surface area contributed by atoms with Crippen molar-refractivity contribution in [2.75, 3.05) is 5.32 Å². The molecule has 0 aromatic heterocycles. The Kier molecular flexibility index (Phi) is 4.34. The minimum atomic E-state index is -0.447. The van der Waals surface area contributed by atoms with Crippen LogP contribution in [0.2, 0.25) is 10.0 Å². The lowest BCUT2D eigenvalue weighted by Crippen LogP contribution is -2.12. The number of nitrogens with one attached hydrogen (secondary N) is 1. The van der Waals surface area contributed by atoms with Gasteiger partial charge < -0.3 is 10.4 Å². The molecule has 0 aliphatic heterocycles. The Morgan fingerprint density at radius 2 is 1.95 bits per heavy atom. The van der Waals surface area contributed by atoms with Gasteiger partial charge in [-0.1, -0.05) is 29.3 Å². The Balaban J connectivity index is 2.28. The van der Waals surface area contributed by atoms with E-state index in [0.717, 1.165) is 0 Å². The van der Waals surface area contributed by atoms with E-state index in [1.165, 1.54) is 18.2 Å². The highest BCUT2D eigenvalue weighted by Crippen LogP contribution is 2.31. The van der Waals surface area contributed by atoms with Gasteiger partial charge in [-0.3, -0.25) is 4.79 Å². The maximum atomic E-state index is 12.0. The Morgan fingerprint density at radius 3 is 2.63 bits per heavy atom. The van der Waals surface area contributed by atoms with Crippen LogP contribution in [-0.4, -0.2) is 11.0 Å². The van der Waals surface area contributed by atoms with Crippen molar-refractivity contribution in [3.05, 3.63) is 56.5 Å². The first kappa shape index (κ1) is 14.2. The molecular weight excluding hydrogens is 353 g/mol. The molecule has 2 N–H and O–H groups in total. The maximum absolute atomic E-state index is 12.0. The van der Waals surface area contributed by atoms with Crippen LogP contribution < -0.4 is 5.32 Å². The highest BCUT2D eigenvalue weighted by Gasteiger charge is 2.13. The van der Waals surface area contributed by atoms with Crippen LogP contribution in [0, 0.1) is 0 Å². The number of phenols is 1. The SMILES string of the molecule is O=C(Nc1cccc(Cl)c1Br)c1ccc(Cl)cc1O. The van der Waals surface area contributed by atoms with Crippen molar-refractivity contribution in [3.63, 3.8) is 0 Å². The van der Waals surface area contributed by atoms with Crippen molar-refractivity contribution in [2.45, 2.75) is 0 Å².